The average Bonchev–Trinajstić information content (AvgIpc) is 2.26. The van der Waals surface area contributed by atoms with E-state index in [1.165, 1.54) is 0 Å². The van der Waals surface area contributed by atoms with E-state index in [-0.39, 0.29) is 0 Å². The molecule has 0 bridgehead atoms. The monoisotopic (exact) mass is 211 g/mol. The van der Waals surface area contributed by atoms with Crippen molar-refractivity contribution in [3.8, 4) is 0 Å². The van der Waals surface area contributed by atoms with Gasteiger partial charge >= 0.3 is 0 Å². The fraction of sp³-hybridized carbons (Fsp3) is 0.182. The molecule has 0 spiro atoms. The highest BCUT2D eigenvalue weighted by Gasteiger charge is 2.22. The van der Waals surface area contributed by atoms with Gasteiger partial charge in [0.15, 0.2) is 0 Å². The van der Waals surface area contributed by atoms with Gasteiger partial charge in [0.2, 0.25) is 5.91 Å². The zero-order chi connectivity index (χ0) is 11.3. The lowest BCUT2D eigenvalue weighted by atomic mass is 10.1. The molecule has 0 radical (unpaired) electrons. The Morgan fingerprint density at radius 1 is 1.33 bits per heavy atom. The number of benzene rings is 1. The fourth-order valence-electron chi connectivity index (χ4n) is 1.16. The Balaban J connectivity index is 2.84. The van der Waals surface area contributed by atoms with E-state index >= 15 is 0 Å². The maximum Gasteiger partial charge on any atom is 0.262 e. The quantitative estimate of drug-likeness (QED) is 0.760. The van der Waals surface area contributed by atoms with Crippen LogP contribution in [-0.4, -0.2) is 12.3 Å². The van der Waals surface area contributed by atoms with Crippen LogP contribution in [0.5, 0.6) is 0 Å². The summed E-state index contributed by atoms with van der Waals surface area (Å²) >= 11 is 0. The minimum absolute atomic E-state index is 0.378. The van der Waals surface area contributed by atoms with Crippen molar-refractivity contribution in [3.05, 3.63) is 48.6 Å². The largest absolute Gasteiger partial charge is 0.340 e. The molecule has 4 heteroatoms. The van der Waals surface area contributed by atoms with E-state index in [1.807, 2.05) is 0 Å². The van der Waals surface area contributed by atoms with Gasteiger partial charge in [-0.1, -0.05) is 36.9 Å². The topological polar surface area (TPSA) is 29.1 Å². The lowest BCUT2D eigenvalue weighted by molar-refractivity contribution is -0.118. The molecule has 1 aromatic rings. The third-order valence-electron chi connectivity index (χ3n) is 1.89. The van der Waals surface area contributed by atoms with E-state index in [1.54, 1.807) is 30.3 Å². The summed E-state index contributed by atoms with van der Waals surface area (Å²) in [5, 5.41) is 2.18. The molecule has 2 nitrogen and oxygen atoms in total. The third kappa shape index (κ3) is 3.16. The molecule has 0 aromatic heterocycles. The molecule has 1 rings (SSSR count). The molecule has 80 valence electrons. The zero-order valence-electron chi connectivity index (χ0n) is 7.99. The number of amides is 1. The molecule has 0 aliphatic heterocycles. The first-order valence-corrected chi connectivity index (χ1v) is 4.41. The Bertz CT molecular complexity index is 338. The molecular formula is C11H11F2NO. The number of nitrogens with one attached hydrogen (secondary N) is 1. The van der Waals surface area contributed by atoms with Gasteiger partial charge in [-0.25, -0.2) is 8.78 Å². The van der Waals surface area contributed by atoms with Crippen LogP contribution in [0.2, 0.25) is 0 Å². The molecule has 1 N–H and O–H groups in total. The van der Waals surface area contributed by atoms with Gasteiger partial charge in [-0.3, -0.25) is 4.79 Å². The van der Waals surface area contributed by atoms with Crippen LogP contribution in [0.15, 0.2) is 43.0 Å². The number of rotatable bonds is 4. The van der Waals surface area contributed by atoms with E-state index in [9.17, 15) is 13.6 Å². The normalized spacial score (nSPS) is 12.2. The molecule has 1 amide bonds. The maximum absolute atomic E-state index is 12.6. The first-order chi connectivity index (χ1) is 7.15. The first-order valence-electron chi connectivity index (χ1n) is 4.41. The molecule has 0 heterocycles. The SMILES string of the molecule is C=CC(=O)N[C@@H](c1ccccc1)C(F)F. The summed E-state index contributed by atoms with van der Waals surface area (Å²) in [6.07, 6.45) is -1.67. The molecule has 0 aliphatic carbocycles. The summed E-state index contributed by atoms with van der Waals surface area (Å²) in [6, 6.07) is 6.81. The van der Waals surface area contributed by atoms with Crippen LogP contribution in [0.25, 0.3) is 0 Å². The lowest BCUT2D eigenvalue weighted by Crippen LogP contribution is -2.31. The van der Waals surface area contributed by atoms with E-state index < -0.39 is 18.4 Å². The minimum Gasteiger partial charge on any atom is -0.340 e. The lowest BCUT2D eigenvalue weighted by Gasteiger charge is -2.17. The molecule has 15 heavy (non-hydrogen) atoms. The van der Waals surface area contributed by atoms with Crippen LogP contribution < -0.4 is 5.32 Å². The van der Waals surface area contributed by atoms with Crippen LogP contribution in [0.4, 0.5) is 8.78 Å². The smallest absolute Gasteiger partial charge is 0.262 e. The van der Waals surface area contributed by atoms with Gasteiger partial charge in [0, 0.05) is 0 Å². The second-order valence-corrected chi connectivity index (χ2v) is 2.94. The van der Waals surface area contributed by atoms with Crippen molar-refractivity contribution in [3.63, 3.8) is 0 Å². The predicted octanol–water partition coefficient (Wildman–Crippen LogP) is 2.29. The summed E-state index contributed by atoms with van der Waals surface area (Å²) < 4.78 is 25.3. The summed E-state index contributed by atoms with van der Waals surface area (Å²) in [5.74, 6) is -0.607. The summed E-state index contributed by atoms with van der Waals surface area (Å²) in [4.78, 5) is 10.9. The highest BCUT2D eigenvalue weighted by Crippen LogP contribution is 2.19. The van der Waals surface area contributed by atoms with Crippen molar-refractivity contribution in [2.75, 3.05) is 0 Å². The van der Waals surface area contributed by atoms with Gasteiger partial charge in [0.25, 0.3) is 6.43 Å². The molecule has 0 fully saturated rings. The Morgan fingerprint density at radius 2 is 1.93 bits per heavy atom. The number of hydrogen-bond donors (Lipinski definition) is 1. The van der Waals surface area contributed by atoms with Crippen LogP contribution in [0.1, 0.15) is 11.6 Å². The van der Waals surface area contributed by atoms with Crippen LogP contribution in [-0.2, 0) is 4.79 Å². The van der Waals surface area contributed by atoms with Gasteiger partial charge in [-0.05, 0) is 11.6 Å². The summed E-state index contributed by atoms with van der Waals surface area (Å²) in [6.45, 7) is 3.21. The van der Waals surface area contributed by atoms with E-state index in [2.05, 4.69) is 11.9 Å². The van der Waals surface area contributed by atoms with Crippen molar-refractivity contribution < 1.29 is 13.6 Å². The van der Waals surface area contributed by atoms with Gasteiger partial charge in [-0.15, -0.1) is 0 Å². The van der Waals surface area contributed by atoms with Gasteiger partial charge in [0.1, 0.15) is 6.04 Å². The molecule has 0 saturated heterocycles. The Kier molecular flexibility index (Phi) is 3.97. The van der Waals surface area contributed by atoms with Gasteiger partial charge in [-0.2, -0.15) is 0 Å². The third-order valence-corrected chi connectivity index (χ3v) is 1.89. The Hall–Kier alpha value is -1.71. The Labute approximate surface area is 86.6 Å². The number of halogens is 2. The highest BCUT2D eigenvalue weighted by molar-refractivity contribution is 5.87. The molecule has 0 unspecified atom stereocenters. The van der Waals surface area contributed by atoms with Crippen LogP contribution in [0, 0.1) is 0 Å². The fourth-order valence-corrected chi connectivity index (χ4v) is 1.16. The van der Waals surface area contributed by atoms with Crippen molar-refractivity contribution >= 4 is 5.91 Å². The second kappa shape index (κ2) is 5.24. The van der Waals surface area contributed by atoms with Crippen LogP contribution in [0.3, 0.4) is 0 Å². The number of carbonyl (C=O) groups is 1. The molecule has 1 aromatic carbocycles. The average molecular weight is 211 g/mol. The number of carbonyl (C=O) groups excluding carboxylic acids is 1. The van der Waals surface area contributed by atoms with Crippen molar-refractivity contribution in [1.29, 1.82) is 0 Å². The van der Waals surface area contributed by atoms with E-state index in [4.69, 9.17) is 0 Å². The molecule has 0 saturated carbocycles. The standard InChI is InChI=1S/C11H11F2NO/c1-2-9(15)14-10(11(12)13)8-6-4-3-5-7-8/h2-7,10-11H,1H2,(H,14,15)/t10-/m0/s1. The van der Waals surface area contributed by atoms with E-state index in [0.717, 1.165) is 6.08 Å². The molecule has 1 atom stereocenters. The van der Waals surface area contributed by atoms with Crippen molar-refractivity contribution in [1.82, 2.24) is 5.32 Å². The minimum atomic E-state index is -2.64. The highest BCUT2D eigenvalue weighted by atomic mass is 19.3. The predicted molar refractivity (Wildman–Crippen MR) is 53.5 cm³/mol. The number of alkyl halides is 2. The number of hydrogen-bond acceptors (Lipinski definition) is 1. The van der Waals surface area contributed by atoms with E-state index in [0.29, 0.717) is 5.56 Å². The van der Waals surface area contributed by atoms with Gasteiger partial charge in [0.05, 0.1) is 0 Å². The van der Waals surface area contributed by atoms with Gasteiger partial charge < -0.3 is 5.32 Å². The summed E-state index contributed by atoms with van der Waals surface area (Å²) in [7, 11) is 0. The zero-order valence-corrected chi connectivity index (χ0v) is 7.99. The second-order valence-electron chi connectivity index (χ2n) is 2.94. The first kappa shape index (κ1) is 11.4. The Morgan fingerprint density at radius 3 is 2.40 bits per heavy atom. The maximum atomic E-state index is 12.6. The van der Waals surface area contributed by atoms with Crippen molar-refractivity contribution in [2.45, 2.75) is 12.5 Å². The molecule has 0 aliphatic rings. The van der Waals surface area contributed by atoms with Crippen molar-refractivity contribution in [2.24, 2.45) is 0 Å². The summed E-state index contributed by atoms with van der Waals surface area (Å²) in [5.41, 5.74) is 0.378. The molecular weight excluding hydrogens is 200 g/mol. The van der Waals surface area contributed by atoms with Crippen LogP contribution >= 0.6 is 0 Å².